The van der Waals surface area contributed by atoms with Gasteiger partial charge in [-0.05, 0) is 31.6 Å². The van der Waals surface area contributed by atoms with Crippen molar-refractivity contribution in [1.82, 2.24) is 4.90 Å². The quantitative estimate of drug-likeness (QED) is 0.750. The molecule has 100 valence electrons. The summed E-state index contributed by atoms with van der Waals surface area (Å²) in [5.74, 6) is 1.07. The van der Waals surface area contributed by atoms with Crippen LogP contribution in [0, 0.1) is 11.8 Å². The van der Waals surface area contributed by atoms with E-state index in [0.29, 0.717) is 11.8 Å². The van der Waals surface area contributed by atoms with Crippen molar-refractivity contribution < 1.29 is 4.79 Å². The Balaban J connectivity index is 2.39. The summed E-state index contributed by atoms with van der Waals surface area (Å²) in [6.45, 7) is 5.28. The van der Waals surface area contributed by atoms with Crippen molar-refractivity contribution in [3.8, 4) is 0 Å². The average molecular weight is 240 g/mol. The second-order valence-electron chi connectivity index (χ2n) is 5.74. The van der Waals surface area contributed by atoms with Gasteiger partial charge in [0.25, 0.3) is 0 Å². The molecule has 1 saturated carbocycles. The van der Waals surface area contributed by atoms with E-state index in [-0.39, 0.29) is 12.0 Å². The second-order valence-corrected chi connectivity index (χ2v) is 5.74. The van der Waals surface area contributed by atoms with Crippen LogP contribution in [0.5, 0.6) is 0 Å². The van der Waals surface area contributed by atoms with Crippen LogP contribution in [0.25, 0.3) is 0 Å². The van der Waals surface area contributed by atoms with Crippen LogP contribution >= 0.6 is 0 Å². The highest BCUT2D eigenvalue weighted by Crippen LogP contribution is 2.29. The topological polar surface area (TPSA) is 46.3 Å². The third-order valence-corrected chi connectivity index (χ3v) is 3.80. The lowest BCUT2D eigenvalue weighted by atomic mass is 9.79. The zero-order valence-corrected chi connectivity index (χ0v) is 11.6. The molecule has 3 atom stereocenters. The zero-order valence-electron chi connectivity index (χ0n) is 11.6. The molecule has 0 saturated heterocycles. The molecule has 1 aliphatic rings. The van der Waals surface area contributed by atoms with Gasteiger partial charge in [-0.1, -0.05) is 26.7 Å². The average Bonchev–Trinajstić information content (AvgIpc) is 2.27. The third-order valence-electron chi connectivity index (χ3n) is 3.80. The molecule has 0 aromatic rings. The van der Waals surface area contributed by atoms with Gasteiger partial charge in [0, 0.05) is 25.6 Å². The van der Waals surface area contributed by atoms with Crippen molar-refractivity contribution in [1.29, 1.82) is 0 Å². The van der Waals surface area contributed by atoms with E-state index in [1.54, 1.807) is 0 Å². The Bertz CT molecular complexity index is 232. The van der Waals surface area contributed by atoms with E-state index < -0.39 is 0 Å². The predicted octanol–water partition coefficient (Wildman–Crippen LogP) is 2.40. The largest absolute Gasteiger partial charge is 0.346 e. The molecule has 17 heavy (non-hydrogen) atoms. The molecule has 0 aromatic carbocycles. The van der Waals surface area contributed by atoms with E-state index in [2.05, 4.69) is 13.8 Å². The van der Waals surface area contributed by atoms with Gasteiger partial charge in [0.1, 0.15) is 0 Å². The van der Waals surface area contributed by atoms with Crippen LogP contribution in [-0.2, 0) is 4.79 Å². The fourth-order valence-electron chi connectivity index (χ4n) is 2.88. The number of rotatable bonds is 5. The summed E-state index contributed by atoms with van der Waals surface area (Å²) in [5, 5.41) is 0. The maximum atomic E-state index is 12.3. The molecule has 2 N–H and O–H groups in total. The highest BCUT2D eigenvalue weighted by atomic mass is 16.2. The molecule has 1 rings (SSSR count). The first-order chi connectivity index (χ1) is 8.04. The van der Waals surface area contributed by atoms with E-state index in [1.165, 1.54) is 12.8 Å². The van der Waals surface area contributed by atoms with Crippen LogP contribution in [0.15, 0.2) is 0 Å². The van der Waals surface area contributed by atoms with E-state index in [0.717, 1.165) is 32.2 Å². The van der Waals surface area contributed by atoms with Crippen LogP contribution in [0.2, 0.25) is 0 Å². The number of carbonyl (C=O) groups excluding carboxylic acids is 1. The van der Waals surface area contributed by atoms with E-state index in [9.17, 15) is 4.79 Å². The summed E-state index contributed by atoms with van der Waals surface area (Å²) < 4.78 is 0. The lowest BCUT2D eigenvalue weighted by Gasteiger charge is -2.32. The molecule has 0 radical (unpaired) electrons. The lowest BCUT2D eigenvalue weighted by Crippen LogP contribution is -2.41. The third kappa shape index (κ3) is 4.66. The van der Waals surface area contributed by atoms with Crippen molar-refractivity contribution >= 4 is 5.91 Å². The Morgan fingerprint density at radius 3 is 2.59 bits per heavy atom. The Morgan fingerprint density at radius 1 is 1.29 bits per heavy atom. The molecule has 0 aromatic heterocycles. The number of hydrogen-bond donors (Lipinski definition) is 1. The number of carbonyl (C=O) groups is 1. The van der Waals surface area contributed by atoms with Gasteiger partial charge < -0.3 is 10.6 Å². The molecular weight excluding hydrogens is 212 g/mol. The fraction of sp³-hybridized carbons (Fsp3) is 0.929. The molecule has 0 aliphatic heterocycles. The summed E-state index contributed by atoms with van der Waals surface area (Å²) in [6.07, 6.45) is 6.49. The second kappa shape index (κ2) is 7.00. The number of amides is 1. The highest BCUT2D eigenvalue weighted by Gasteiger charge is 2.30. The van der Waals surface area contributed by atoms with Gasteiger partial charge in [-0.2, -0.15) is 0 Å². The van der Waals surface area contributed by atoms with E-state index in [4.69, 9.17) is 5.73 Å². The predicted molar refractivity (Wildman–Crippen MR) is 71.6 cm³/mol. The van der Waals surface area contributed by atoms with Crippen molar-refractivity contribution in [3.05, 3.63) is 0 Å². The lowest BCUT2D eigenvalue weighted by molar-refractivity contribution is -0.136. The monoisotopic (exact) mass is 240 g/mol. The smallest absolute Gasteiger partial charge is 0.225 e. The normalized spacial score (nSPS) is 29.1. The molecular formula is C14H28N2O. The Labute approximate surface area is 106 Å². The van der Waals surface area contributed by atoms with Crippen LogP contribution in [0.1, 0.15) is 52.4 Å². The minimum atomic E-state index is 0.167. The minimum absolute atomic E-state index is 0.167. The fourth-order valence-corrected chi connectivity index (χ4v) is 2.88. The SMILES string of the molecule is CCCCCN(C)C(=O)C1CC(C)CC(N)C1. The summed E-state index contributed by atoms with van der Waals surface area (Å²) in [5.41, 5.74) is 6.00. The Kier molecular flexibility index (Phi) is 5.96. The van der Waals surface area contributed by atoms with Gasteiger partial charge in [-0.3, -0.25) is 4.79 Å². The van der Waals surface area contributed by atoms with E-state index in [1.807, 2.05) is 11.9 Å². The molecule has 0 spiro atoms. The van der Waals surface area contributed by atoms with Crippen molar-refractivity contribution in [2.24, 2.45) is 17.6 Å². The molecule has 3 nitrogen and oxygen atoms in total. The van der Waals surface area contributed by atoms with Crippen molar-refractivity contribution in [2.45, 2.75) is 58.4 Å². The first-order valence-corrected chi connectivity index (χ1v) is 7.05. The molecule has 1 aliphatic carbocycles. The maximum Gasteiger partial charge on any atom is 0.225 e. The number of hydrogen-bond acceptors (Lipinski definition) is 2. The summed E-state index contributed by atoms with van der Waals surface area (Å²) in [6, 6.07) is 0.219. The van der Waals surface area contributed by atoms with Gasteiger partial charge in [-0.15, -0.1) is 0 Å². The first-order valence-electron chi connectivity index (χ1n) is 7.05. The standard InChI is InChI=1S/C14H28N2O/c1-4-5-6-7-16(3)14(17)12-8-11(2)9-13(15)10-12/h11-13H,4-10,15H2,1-3H3. The maximum absolute atomic E-state index is 12.3. The van der Waals surface area contributed by atoms with Gasteiger partial charge in [-0.25, -0.2) is 0 Å². The molecule has 0 heterocycles. The molecule has 0 bridgehead atoms. The summed E-state index contributed by atoms with van der Waals surface area (Å²) >= 11 is 0. The highest BCUT2D eigenvalue weighted by molar-refractivity contribution is 5.78. The van der Waals surface area contributed by atoms with Crippen molar-refractivity contribution in [2.75, 3.05) is 13.6 Å². The van der Waals surface area contributed by atoms with Crippen molar-refractivity contribution in [3.63, 3.8) is 0 Å². The number of nitrogens with zero attached hydrogens (tertiary/aromatic N) is 1. The zero-order chi connectivity index (χ0) is 12.8. The molecule has 3 unspecified atom stereocenters. The Hall–Kier alpha value is -0.570. The first kappa shape index (κ1) is 14.5. The van der Waals surface area contributed by atoms with Gasteiger partial charge >= 0.3 is 0 Å². The molecule has 1 fully saturated rings. The summed E-state index contributed by atoms with van der Waals surface area (Å²) in [7, 11) is 1.93. The van der Waals surface area contributed by atoms with Crippen LogP contribution in [0.3, 0.4) is 0 Å². The van der Waals surface area contributed by atoms with Gasteiger partial charge in [0.15, 0.2) is 0 Å². The summed E-state index contributed by atoms with van der Waals surface area (Å²) in [4.78, 5) is 14.2. The molecule has 1 amide bonds. The van der Waals surface area contributed by atoms with Crippen LogP contribution < -0.4 is 5.73 Å². The Morgan fingerprint density at radius 2 is 2.00 bits per heavy atom. The molecule has 3 heteroatoms. The minimum Gasteiger partial charge on any atom is -0.346 e. The van der Waals surface area contributed by atoms with Crippen LogP contribution in [0.4, 0.5) is 0 Å². The number of nitrogens with two attached hydrogens (primary N) is 1. The van der Waals surface area contributed by atoms with Gasteiger partial charge in [0.2, 0.25) is 5.91 Å². The van der Waals surface area contributed by atoms with E-state index >= 15 is 0 Å². The number of unbranched alkanes of at least 4 members (excludes halogenated alkanes) is 2. The van der Waals surface area contributed by atoms with Crippen LogP contribution in [-0.4, -0.2) is 30.4 Å². The van der Waals surface area contributed by atoms with Gasteiger partial charge in [0.05, 0.1) is 0 Å².